The summed E-state index contributed by atoms with van der Waals surface area (Å²) >= 11 is 0. The lowest BCUT2D eigenvalue weighted by atomic mass is 10.1. The molecule has 0 radical (unpaired) electrons. The van der Waals surface area contributed by atoms with Gasteiger partial charge >= 0.3 is 5.97 Å². The second-order valence-corrected chi connectivity index (χ2v) is 4.86. The topological polar surface area (TPSA) is 53.0 Å². The third-order valence-electron chi connectivity index (χ3n) is 2.86. The lowest BCUT2D eigenvalue weighted by Crippen LogP contribution is -2.35. The Morgan fingerprint density at radius 1 is 1.35 bits per heavy atom. The zero-order chi connectivity index (χ0) is 15.1. The van der Waals surface area contributed by atoms with Crippen LogP contribution < -0.4 is 4.74 Å². The first-order valence-corrected chi connectivity index (χ1v) is 6.33. The van der Waals surface area contributed by atoms with Crippen molar-refractivity contribution in [3.8, 4) is 5.75 Å². The molecule has 0 saturated heterocycles. The quantitative estimate of drug-likeness (QED) is 0.779. The Morgan fingerprint density at radius 3 is 2.60 bits per heavy atom. The van der Waals surface area contributed by atoms with E-state index in [9.17, 15) is 9.18 Å². The minimum Gasteiger partial charge on any atom is -0.496 e. The second-order valence-electron chi connectivity index (χ2n) is 4.86. The first kappa shape index (κ1) is 16.4. The first-order valence-electron chi connectivity index (χ1n) is 6.33. The third kappa shape index (κ3) is 5.54. The Labute approximate surface area is 118 Å². The van der Waals surface area contributed by atoms with Crippen molar-refractivity contribution in [2.75, 3.05) is 40.8 Å². The van der Waals surface area contributed by atoms with E-state index < -0.39 is 5.97 Å². The van der Waals surface area contributed by atoms with Gasteiger partial charge in [-0.2, -0.15) is 0 Å². The number of likely N-dealkylation sites (N-methyl/N-ethyl adjacent to an activating group) is 1. The van der Waals surface area contributed by atoms with Crippen LogP contribution >= 0.6 is 0 Å². The molecule has 1 rings (SSSR count). The first-order chi connectivity index (χ1) is 9.42. The van der Waals surface area contributed by atoms with Gasteiger partial charge in [0.2, 0.25) is 0 Å². The maximum atomic E-state index is 13.3. The fraction of sp³-hybridized carbons (Fsp3) is 0.500. The average molecular weight is 284 g/mol. The monoisotopic (exact) mass is 284 g/mol. The van der Waals surface area contributed by atoms with Gasteiger partial charge in [0.1, 0.15) is 11.6 Å². The number of hydrogen-bond donors (Lipinski definition) is 1. The molecule has 1 N–H and O–H groups in total. The summed E-state index contributed by atoms with van der Waals surface area (Å²) in [5.74, 6) is -0.700. The van der Waals surface area contributed by atoms with E-state index in [1.54, 1.807) is 11.0 Å². The van der Waals surface area contributed by atoms with Crippen LogP contribution in [0.2, 0.25) is 0 Å². The second kappa shape index (κ2) is 7.81. The van der Waals surface area contributed by atoms with Crippen LogP contribution in [0.15, 0.2) is 18.2 Å². The average Bonchev–Trinajstić information content (AvgIpc) is 2.35. The maximum Gasteiger partial charge on any atom is 0.317 e. The normalized spacial score (nSPS) is 11.1. The summed E-state index contributed by atoms with van der Waals surface area (Å²) < 4.78 is 18.5. The molecule has 0 heterocycles. The van der Waals surface area contributed by atoms with Crippen molar-refractivity contribution in [1.82, 2.24) is 9.80 Å². The molecule has 0 aliphatic heterocycles. The van der Waals surface area contributed by atoms with Gasteiger partial charge in [-0.1, -0.05) is 0 Å². The van der Waals surface area contributed by atoms with Crippen molar-refractivity contribution in [2.24, 2.45) is 0 Å². The van der Waals surface area contributed by atoms with Crippen molar-refractivity contribution in [3.63, 3.8) is 0 Å². The highest BCUT2D eigenvalue weighted by molar-refractivity contribution is 5.69. The zero-order valence-corrected chi connectivity index (χ0v) is 12.1. The number of halogens is 1. The Balaban J connectivity index is 2.82. The molecule has 6 heteroatoms. The Morgan fingerprint density at radius 2 is 2.05 bits per heavy atom. The third-order valence-corrected chi connectivity index (χ3v) is 2.86. The summed E-state index contributed by atoms with van der Waals surface area (Å²) in [5.41, 5.74) is 0.646. The van der Waals surface area contributed by atoms with Crippen LogP contribution in [0, 0.1) is 5.82 Å². The molecule has 112 valence electrons. The molecule has 0 bridgehead atoms. The van der Waals surface area contributed by atoms with Crippen molar-refractivity contribution in [1.29, 1.82) is 0 Å². The van der Waals surface area contributed by atoms with E-state index in [1.165, 1.54) is 19.2 Å². The summed E-state index contributed by atoms with van der Waals surface area (Å²) in [6.07, 6.45) is 0. The minimum atomic E-state index is -0.904. The fourth-order valence-electron chi connectivity index (χ4n) is 1.86. The smallest absolute Gasteiger partial charge is 0.317 e. The van der Waals surface area contributed by atoms with E-state index in [2.05, 4.69) is 0 Å². The van der Waals surface area contributed by atoms with E-state index in [0.29, 0.717) is 24.4 Å². The zero-order valence-electron chi connectivity index (χ0n) is 12.1. The molecule has 0 fully saturated rings. The van der Waals surface area contributed by atoms with E-state index in [1.807, 2.05) is 19.0 Å². The standard InChI is InChI=1S/C14H21FN2O3/c1-16(2)6-7-17(10-14(18)19)9-11-8-12(15)4-5-13(11)20-3/h4-5,8H,6-7,9-10H2,1-3H3,(H,18,19). The van der Waals surface area contributed by atoms with Crippen LogP contribution in [0.25, 0.3) is 0 Å². The lowest BCUT2D eigenvalue weighted by Gasteiger charge is -2.23. The number of ether oxygens (including phenoxy) is 1. The molecule has 20 heavy (non-hydrogen) atoms. The number of benzene rings is 1. The van der Waals surface area contributed by atoms with Crippen LogP contribution in [0.4, 0.5) is 4.39 Å². The van der Waals surface area contributed by atoms with Gasteiger partial charge in [0.05, 0.1) is 13.7 Å². The van der Waals surface area contributed by atoms with Crippen LogP contribution in [-0.2, 0) is 11.3 Å². The molecule has 1 aromatic carbocycles. The van der Waals surface area contributed by atoms with Crippen molar-refractivity contribution in [2.45, 2.75) is 6.54 Å². The number of carboxylic acids is 1. The number of nitrogens with zero attached hydrogens (tertiary/aromatic N) is 2. The van der Waals surface area contributed by atoms with Gasteiger partial charge in [0.25, 0.3) is 0 Å². The van der Waals surface area contributed by atoms with Crippen LogP contribution in [-0.4, -0.2) is 61.7 Å². The highest BCUT2D eigenvalue weighted by Gasteiger charge is 2.14. The van der Waals surface area contributed by atoms with E-state index in [4.69, 9.17) is 9.84 Å². The van der Waals surface area contributed by atoms with E-state index in [0.717, 1.165) is 6.54 Å². The molecule has 0 aliphatic carbocycles. The number of methoxy groups -OCH3 is 1. The molecular weight excluding hydrogens is 263 g/mol. The number of rotatable bonds is 8. The Kier molecular flexibility index (Phi) is 6.41. The Bertz CT molecular complexity index is 452. The molecule has 0 amide bonds. The summed E-state index contributed by atoms with van der Waals surface area (Å²) in [6.45, 7) is 1.55. The van der Waals surface area contributed by atoms with Crippen molar-refractivity contribution in [3.05, 3.63) is 29.6 Å². The van der Waals surface area contributed by atoms with Crippen molar-refractivity contribution >= 4 is 5.97 Å². The van der Waals surface area contributed by atoms with Gasteiger partial charge in [-0.3, -0.25) is 9.69 Å². The molecule has 0 spiro atoms. The minimum absolute atomic E-state index is 0.0898. The lowest BCUT2D eigenvalue weighted by molar-refractivity contribution is -0.138. The Hall–Kier alpha value is -1.66. The molecule has 5 nitrogen and oxygen atoms in total. The number of aliphatic carboxylic acids is 1. The molecule has 0 aliphatic rings. The van der Waals surface area contributed by atoms with Gasteiger partial charge in [-0.05, 0) is 32.3 Å². The fourth-order valence-corrected chi connectivity index (χ4v) is 1.86. The highest BCUT2D eigenvalue weighted by Crippen LogP contribution is 2.21. The molecule has 0 unspecified atom stereocenters. The van der Waals surface area contributed by atoms with Crippen LogP contribution in [0.3, 0.4) is 0 Å². The van der Waals surface area contributed by atoms with Crippen LogP contribution in [0.5, 0.6) is 5.75 Å². The number of carboxylic acid groups (broad SMARTS) is 1. The van der Waals surface area contributed by atoms with Crippen molar-refractivity contribution < 1.29 is 19.0 Å². The van der Waals surface area contributed by atoms with Crippen LogP contribution in [0.1, 0.15) is 5.56 Å². The molecule has 0 saturated carbocycles. The van der Waals surface area contributed by atoms with Gasteiger partial charge in [-0.25, -0.2) is 4.39 Å². The predicted molar refractivity (Wildman–Crippen MR) is 74.4 cm³/mol. The van der Waals surface area contributed by atoms with E-state index in [-0.39, 0.29) is 12.4 Å². The molecule has 0 atom stereocenters. The van der Waals surface area contributed by atoms with E-state index >= 15 is 0 Å². The molecule has 1 aromatic rings. The molecule has 0 aromatic heterocycles. The highest BCUT2D eigenvalue weighted by atomic mass is 19.1. The summed E-state index contributed by atoms with van der Waals surface area (Å²) in [4.78, 5) is 14.6. The van der Waals surface area contributed by atoms with Gasteiger partial charge in [0, 0.05) is 25.2 Å². The number of hydrogen-bond acceptors (Lipinski definition) is 4. The van der Waals surface area contributed by atoms with Gasteiger partial charge < -0.3 is 14.7 Å². The van der Waals surface area contributed by atoms with Gasteiger partial charge in [0.15, 0.2) is 0 Å². The molecular formula is C14H21FN2O3. The predicted octanol–water partition coefficient (Wildman–Crippen LogP) is 1.28. The largest absolute Gasteiger partial charge is 0.496 e. The summed E-state index contributed by atoms with van der Waals surface area (Å²) in [7, 11) is 5.35. The SMILES string of the molecule is COc1ccc(F)cc1CN(CCN(C)C)CC(=O)O. The summed E-state index contributed by atoms with van der Waals surface area (Å²) in [5, 5.41) is 8.95. The summed E-state index contributed by atoms with van der Waals surface area (Å²) in [6, 6.07) is 4.25. The van der Waals surface area contributed by atoms with Gasteiger partial charge in [-0.15, -0.1) is 0 Å². The maximum absolute atomic E-state index is 13.3. The number of carbonyl (C=O) groups is 1.